The molecule has 0 fully saturated rings. The van der Waals surface area contributed by atoms with Gasteiger partial charge in [-0.05, 0) is 17.7 Å². The van der Waals surface area contributed by atoms with E-state index < -0.39 is 9.84 Å². The van der Waals surface area contributed by atoms with E-state index in [1.807, 2.05) is 0 Å². The number of nitrogens with one attached hydrogen (secondary N) is 1. The van der Waals surface area contributed by atoms with Crippen LogP contribution in [0.5, 0.6) is 0 Å². The van der Waals surface area contributed by atoms with E-state index in [2.05, 4.69) is 10.1 Å². The molecule has 0 aliphatic heterocycles. The summed E-state index contributed by atoms with van der Waals surface area (Å²) < 4.78 is 24.2. The molecule has 19 heavy (non-hydrogen) atoms. The van der Waals surface area contributed by atoms with Gasteiger partial charge in [0.05, 0.1) is 12.7 Å². The van der Waals surface area contributed by atoms with Gasteiger partial charge >= 0.3 is 0 Å². The molecule has 2 rings (SSSR count). The molecule has 2 heterocycles. The maximum absolute atomic E-state index is 11.3. The molecular weight excluding hydrogens is 266 g/mol. The van der Waals surface area contributed by atoms with Gasteiger partial charge in [0.25, 0.3) is 0 Å². The van der Waals surface area contributed by atoms with E-state index in [0.29, 0.717) is 12.2 Å². The molecule has 0 aliphatic rings. The second-order valence-electron chi connectivity index (χ2n) is 4.11. The molecule has 100 valence electrons. The maximum Gasteiger partial charge on any atom is 0.178 e. The highest BCUT2D eigenvalue weighted by Gasteiger charge is 2.10. The summed E-state index contributed by atoms with van der Waals surface area (Å²) in [5.74, 6) is -0.112. The molecule has 2 aromatic heterocycles. The fourth-order valence-electron chi connectivity index (χ4n) is 1.53. The smallest absolute Gasteiger partial charge is 0.178 e. The Balaban J connectivity index is 2.24. The monoisotopic (exact) mass is 279 g/mol. The van der Waals surface area contributed by atoms with E-state index in [1.54, 1.807) is 18.3 Å². The van der Waals surface area contributed by atoms with Crippen molar-refractivity contribution in [3.05, 3.63) is 42.0 Å². The summed E-state index contributed by atoms with van der Waals surface area (Å²) in [6, 6.07) is 3.43. The van der Waals surface area contributed by atoms with Gasteiger partial charge in [-0.3, -0.25) is 15.1 Å². The van der Waals surface area contributed by atoms with Gasteiger partial charge in [0, 0.05) is 18.6 Å². The molecule has 0 aromatic carbocycles. The van der Waals surface area contributed by atoms with Crippen LogP contribution in [0.15, 0.2) is 35.6 Å². The van der Waals surface area contributed by atoms with Gasteiger partial charge in [-0.1, -0.05) is 0 Å². The lowest BCUT2D eigenvalue weighted by Crippen LogP contribution is -2.13. The van der Waals surface area contributed by atoms with Gasteiger partial charge in [0.1, 0.15) is 16.4 Å². The Kier molecular flexibility index (Phi) is 3.34. The molecule has 0 saturated heterocycles. The van der Waals surface area contributed by atoms with Crippen LogP contribution in [0.1, 0.15) is 11.3 Å². The largest absolute Gasteiger partial charge is 0.382 e. The lowest BCUT2D eigenvalue weighted by Gasteiger charge is -2.03. The molecule has 0 bridgehead atoms. The van der Waals surface area contributed by atoms with Crippen LogP contribution in [-0.4, -0.2) is 35.3 Å². The first-order valence-electron chi connectivity index (χ1n) is 5.38. The van der Waals surface area contributed by atoms with Crippen molar-refractivity contribution in [3.8, 4) is 0 Å². The zero-order valence-electron chi connectivity index (χ0n) is 10.2. The second-order valence-corrected chi connectivity index (χ2v) is 6.12. The van der Waals surface area contributed by atoms with Crippen molar-refractivity contribution in [1.29, 1.82) is 5.41 Å². The van der Waals surface area contributed by atoms with E-state index in [1.165, 1.54) is 17.1 Å². The highest BCUT2D eigenvalue weighted by atomic mass is 32.2. The number of nitrogens with two attached hydrogens (primary N) is 1. The average molecular weight is 279 g/mol. The van der Waals surface area contributed by atoms with Crippen LogP contribution in [0.2, 0.25) is 0 Å². The molecule has 0 amide bonds. The molecular formula is C11H13N5O2S. The summed E-state index contributed by atoms with van der Waals surface area (Å²) in [5, 5.41) is 11.3. The van der Waals surface area contributed by atoms with Crippen LogP contribution in [0.3, 0.4) is 0 Å². The topological polar surface area (TPSA) is 115 Å². The molecule has 0 radical (unpaired) electrons. The zero-order valence-corrected chi connectivity index (χ0v) is 11.1. The third-order valence-electron chi connectivity index (χ3n) is 2.48. The standard InChI is InChI=1S/C11H13N5O2S/c1-19(17,18)9-5-15-16(7-9)6-8-2-3-14-10(4-8)11(12)13/h2-5,7H,6H2,1H3,(H3,12,13). The highest BCUT2D eigenvalue weighted by Crippen LogP contribution is 2.09. The Bertz CT molecular complexity index is 720. The van der Waals surface area contributed by atoms with Gasteiger partial charge < -0.3 is 5.73 Å². The molecule has 8 heteroatoms. The molecule has 3 N–H and O–H groups in total. The van der Waals surface area contributed by atoms with Crippen LogP contribution in [0, 0.1) is 5.41 Å². The summed E-state index contributed by atoms with van der Waals surface area (Å²) in [6.45, 7) is 0.387. The van der Waals surface area contributed by atoms with Crippen molar-refractivity contribution < 1.29 is 8.42 Å². The van der Waals surface area contributed by atoms with Crippen LogP contribution >= 0.6 is 0 Å². The average Bonchev–Trinajstić information content (AvgIpc) is 2.77. The minimum absolute atomic E-state index is 0.112. The maximum atomic E-state index is 11.3. The van der Waals surface area contributed by atoms with Crippen molar-refractivity contribution in [3.63, 3.8) is 0 Å². The Labute approximate surface area is 110 Å². The van der Waals surface area contributed by atoms with E-state index >= 15 is 0 Å². The minimum atomic E-state index is -3.25. The van der Waals surface area contributed by atoms with Gasteiger partial charge in [0.2, 0.25) is 0 Å². The minimum Gasteiger partial charge on any atom is -0.382 e. The Hall–Kier alpha value is -2.22. The second kappa shape index (κ2) is 4.81. The predicted molar refractivity (Wildman–Crippen MR) is 69.7 cm³/mol. The van der Waals surface area contributed by atoms with Crippen molar-refractivity contribution >= 4 is 15.7 Å². The first-order chi connectivity index (χ1) is 8.86. The summed E-state index contributed by atoms with van der Waals surface area (Å²) in [7, 11) is -3.25. The number of amidine groups is 1. The van der Waals surface area contributed by atoms with Gasteiger partial charge in [0.15, 0.2) is 9.84 Å². The summed E-state index contributed by atoms with van der Waals surface area (Å²) in [5.41, 5.74) is 6.58. The van der Waals surface area contributed by atoms with Crippen molar-refractivity contribution in [1.82, 2.24) is 14.8 Å². The van der Waals surface area contributed by atoms with Gasteiger partial charge in [-0.15, -0.1) is 0 Å². The molecule has 0 aliphatic carbocycles. The fraction of sp³-hybridized carbons (Fsp3) is 0.182. The number of nitrogens with zero attached hydrogens (tertiary/aromatic N) is 3. The van der Waals surface area contributed by atoms with E-state index in [0.717, 1.165) is 11.8 Å². The fourth-order valence-corrected chi connectivity index (χ4v) is 2.08. The number of pyridine rings is 1. The van der Waals surface area contributed by atoms with E-state index in [-0.39, 0.29) is 10.7 Å². The third kappa shape index (κ3) is 3.16. The normalized spacial score (nSPS) is 11.4. The van der Waals surface area contributed by atoms with Crippen LogP contribution in [0.25, 0.3) is 0 Å². The Morgan fingerprint density at radius 3 is 2.84 bits per heavy atom. The lowest BCUT2D eigenvalue weighted by atomic mass is 10.2. The first-order valence-corrected chi connectivity index (χ1v) is 7.27. The lowest BCUT2D eigenvalue weighted by molar-refractivity contribution is 0.601. The molecule has 2 aromatic rings. The molecule has 0 atom stereocenters. The summed E-state index contributed by atoms with van der Waals surface area (Å²) >= 11 is 0. The van der Waals surface area contributed by atoms with Crippen LogP contribution in [-0.2, 0) is 16.4 Å². The number of hydrogen-bond acceptors (Lipinski definition) is 5. The molecule has 0 unspecified atom stereocenters. The SMILES string of the molecule is CS(=O)(=O)c1cnn(Cc2ccnc(C(=N)N)c2)c1. The van der Waals surface area contributed by atoms with E-state index in [4.69, 9.17) is 11.1 Å². The summed E-state index contributed by atoms with van der Waals surface area (Å²) in [4.78, 5) is 4.12. The van der Waals surface area contributed by atoms with Crippen LogP contribution < -0.4 is 5.73 Å². The quantitative estimate of drug-likeness (QED) is 0.604. The van der Waals surface area contributed by atoms with Gasteiger partial charge in [-0.25, -0.2) is 8.42 Å². The number of sulfone groups is 1. The first kappa shape index (κ1) is 13.2. The third-order valence-corrected chi connectivity index (χ3v) is 3.55. The predicted octanol–water partition coefficient (Wildman–Crippen LogP) is 0.0140. The van der Waals surface area contributed by atoms with E-state index in [9.17, 15) is 8.42 Å². The number of nitrogen functional groups attached to an aromatic ring is 1. The molecule has 0 saturated carbocycles. The highest BCUT2D eigenvalue weighted by molar-refractivity contribution is 7.90. The Morgan fingerprint density at radius 1 is 1.53 bits per heavy atom. The van der Waals surface area contributed by atoms with Crippen molar-refractivity contribution in [2.75, 3.05) is 6.26 Å². The molecule has 0 spiro atoms. The van der Waals surface area contributed by atoms with Crippen molar-refractivity contribution in [2.24, 2.45) is 5.73 Å². The number of hydrogen-bond donors (Lipinski definition) is 2. The number of rotatable bonds is 4. The van der Waals surface area contributed by atoms with Crippen LogP contribution in [0.4, 0.5) is 0 Å². The van der Waals surface area contributed by atoms with Crippen molar-refractivity contribution in [2.45, 2.75) is 11.4 Å². The number of aromatic nitrogens is 3. The molecule has 7 nitrogen and oxygen atoms in total. The summed E-state index contributed by atoms with van der Waals surface area (Å²) in [6.07, 6.45) is 5.45. The zero-order chi connectivity index (χ0) is 14.0. The Morgan fingerprint density at radius 2 is 2.26 bits per heavy atom. The van der Waals surface area contributed by atoms with Gasteiger partial charge in [-0.2, -0.15) is 5.10 Å².